The van der Waals surface area contributed by atoms with Gasteiger partial charge in [0.05, 0.1) is 26.9 Å². The number of fused-ring (bicyclic) bond motifs is 8. The summed E-state index contributed by atoms with van der Waals surface area (Å²) in [5.74, 6) is 0. The molecular formula is C44H28N2S. The summed E-state index contributed by atoms with van der Waals surface area (Å²) in [5.41, 5.74) is 11.0. The molecule has 47 heavy (non-hydrogen) atoms. The molecule has 0 bridgehead atoms. The molecular weight excluding hydrogens is 589 g/mol. The molecule has 0 saturated carbocycles. The van der Waals surface area contributed by atoms with E-state index in [1.165, 1.54) is 80.8 Å². The van der Waals surface area contributed by atoms with E-state index in [4.69, 9.17) is 0 Å². The van der Waals surface area contributed by atoms with Gasteiger partial charge in [-0.25, -0.2) is 0 Å². The molecule has 3 aromatic heterocycles. The molecule has 0 N–H and O–H groups in total. The lowest BCUT2D eigenvalue weighted by Gasteiger charge is -2.11. The highest BCUT2D eigenvalue weighted by atomic mass is 32.1. The zero-order valence-corrected chi connectivity index (χ0v) is 26.3. The summed E-state index contributed by atoms with van der Waals surface area (Å²) in [7, 11) is 0. The Labute approximate surface area is 276 Å². The van der Waals surface area contributed by atoms with E-state index in [2.05, 4.69) is 179 Å². The zero-order valence-electron chi connectivity index (χ0n) is 25.5. The fourth-order valence-electron chi connectivity index (χ4n) is 7.42. The van der Waals surface area contributed by atoms with Crippen molar-refractivity contribution in [3.8, 4) is 33.6 Å². The van der Waals surface area contributed by atoms with Crippen molar-refractivity contribution in [3.63, 3.8) is 0 Å². The van der Waals surface area contributed by atoms with E-state index in [1.54, 1.807) is 0 Å². The Bertz CT molecular complexity index is 2760. The van der Waals surface area contributed by atoms with Crippen molar-refractivity contribution in [2.24, 2.45) is 0 Å². The number of hydrogen-bond acceptors (Lipinski definition) is 1. The third-order valence-electron chi connectivity index (χ3n) is 9.58. The van der Waals surface area contributed by atoms with Gasteiger partial charge in [0.1, 0.15) is 0 Å². The topological polar surface area (TPSA) is 9.86 Å². The van der Waals surface area contributed by atoms with Gasteiger partial charge in [0, 0.05) is 43.5 Å². The average molecular weight is 617 g/mol. The van der Waals surface area contributed by atoms with E-state index < -0.39 is 0 Å². The van der Waals surface area contributed by atoms with Gasteiger partial charge in [-0.1, -0.05) is 127 Å². The van der Waals surface area contributed by atoms with Crippen molar-refractivity contribution in [3.05, 3.63) is 170 Å². The van der Waals surface area contributed by atoms with Crippen LogP contribution in [0.2, 0.25) is 0 Å². The summed E-state index contributed by atoms with van der Waals surface area (Å²) >= 11 is 1.91. The molecule has 0 aliphatic carbocycles. The van der Waals surface area contributed by atoms with Crippen molar-refractivity contribution >= 4 is 64.2 Å². The summed E-state index contributed by atoms with van der Waals surface area (Å²) in [5, 5.41) is 6.40. The number of rotatable bonds is 4. The molecule has 0 saturated heterocycles. The summed E-state index contributed by atoms with van der Waals surface area (Å²) in [6.07, 6.45) is 2.22. The third kappa shape index (κ3) is 3.97. The first-order chi connectivity index (χ1) is 23.3. The number of nitrogens with zero attached hydrogens (tertiary/aromatic N) is 2. The standard InChI is InChI=1S/C44H28N2S/c1-3-11-29(12-4-1)30-21-23-32(24-22-30)45-28-27-38-39(45)26-25-35-34-15-7-8-19-40(34)46(42(35)38)41-20-10-18-37-36-17-9-16-33(43(36)47-44(37)41)31-13-5-2-6-14-31/h1-28H. The molecule has 0 fully saturated rings. The van der Waals surface area contributed by atoms with Gasteiger partial charge in [0.2, 0.25) is 0 Å². The first kappa shape index (κ1) is 26.3. The van der Waals surface area contributed by atoms with Crippen molar-refractivity contribution < 1.29 is 0 Å². The molecule has 10 rings (SSSR count). The van der Waals surface area contributed by atoms with Crippen molar-refractivity contribution in [1.29, 1.82) is 0 Å². The highest BCUT2D eigenvalue weighted by Crippen LogP contribution is 2.45. The molecule has 0 amide bonds. The highest BCUT2D eigenvalue weighted by molar-refractivity contribution is 7.26. The van der Waals surface area contributed by atoms with Crippen LogP contribution < -0.4 is 0 Å². The molecule has 0 atom stereocenters. The Morgan fingerprint density at radius 3 is 1.85 bits per heavy atom. The lowest BCUT2D eigenvalue weighted by Crippen LogP contribution is -1.95. The van der Waals surface area contributed by atoms with Gasteiger partial charge in [-0.3, -0.25) is 0 Å². The predicted molar refractivity (Wildman–Crippen MR) is 201 cm³/mol. The maximum absolute atomic E-state index is 2.51. The number of para-hydroxylation sites is 1. The molecule has 3 heteroatoms. The van der Waals surface area contributed by atoms with Crippen LogP contribution in [0, 0.1) is 0 Å². The minimum absolute atomic E-state index is 1.15. The second-order valence-corrected chi connectivity index (χ2v) is 13.2. The van der Waals surface area contributed by atoms with Gasteiger partial charge in [-0.15, -0.1) is 11.3 Å². The molecule has 2 nitrogen and oxygen atoms in total. The van der Waals surface area contributed by atoms with Gasteiger partial charge in [-0.05, 0) is 58.7 Å². The second-order valence-electron chi connectivity index (χ2n) is 12.1. The third-order valence-corrected chi connectivity index (χ3v) is 10.9. The van der Waals surface area contributed by atoms with Crippen molar-refractivity contribution in [2.45, 2.75) is 0 Å². The Morgan fingerprint density at radius 1 is 0.383 bits per heavy atom. The summed E-state index contributed by atoms with van der Waals surface area (Å²) in [6.45, 7) is 0. The zero-order chi connectivity index (χ0) is 30.9. The fourth-order valence-corrected chi connectivity index (χ4v) is 8.76. The van der Waals surface area contributed by atoms with E-state index in [-0.39, 0.29) is 0 Å². The van der Waals surface area contributed by atoms with Crippen LogP contribution in [0.5, 0.6) is 0 Å². The van der Waals surface area contributed by atoms with Crippen molar-refractivity contribution in [1.82, 2.24) is 9.13 Å². The summed E-state index contributed by atoms with van der Waals surface area (Å²) in [4.78, 5) is 0. The normalized spacial score (nSPS) is 11.8. The van der Waals surface area contributed by atoms with E-state index in [0.29, 0.717) is 0 Å². The summed E-state index contributed by atoms with van der Waals surface area (Å²) in [6, 6.07) is 59.5. The van der Waals surface area contributed by atoms with Crippen LogP contribution in [0.25, 0.3) is 86.5 Å². The summed E-state index contributed by atoms with van der Waals surface area (Å²) < 4.78 is 7.46. The van der Waals surface area contributed by atoms with Crippen LogP contribution in [0.1, 0.15) is 0 Å². The highest BCUT2D eigenvalue weighted by Gasteiger charge is 2.20. The fraction of sp³-hybridized carbons (Fsp3) is 0. The monoisotopic (exact) mass is 616 g/mol. The first-order valence-corrected chi connectivity index (χ1v) is 16.8. The Kier molecular flexibility index (Phi) is 5.78. The number of benzene rings is 7. The van der Waals surface area contributed by atoms with Gasteiger partial charge < -0.3 is 9.13 Å². The van der Waals surface area contributed by atoms with Crippen LogP contribution in [0.4, 0.5) is 0 Å². The first-order valence-electron chi connectivity index (χ1n) is 16.0. The van der Waals surface area contributed by atoms with Gasteiger partial charge in [0.15, 0.2) is 0 Å². The molecule has 0 unspecified atom stereocenters. The Hall–Kier alpha value is -5.90. The minimum atomic E-state index is 1.15. The van der Waals surface area contributed by atoms with E-state index >= 15 is 0 Å². The molecule has 0 spiro atoms. The number of hydrogen-bond donors (Lipinski definition) is 0. The molecule has 220 valence electrons. The Balaban J connectivity index is 1.22. The quantitative estimate of drug-likeness (QED) is 0.186. The molecule has 0 aliphatic heterocycles. The Morgan fingerprint density at radius 2 is 1.04 bits per heavy atom. The second kappa shape index (κ2) is 10.3. The maximum atomic E-state index is 2.51. The van der Waals surface area contributed by atoms with E-state index in [9.17, 15) is 0 Å². The lowest BCUT2D eigenvalue weighted by atomic mass is 10.0. The molecule has 0 radical (unpaired) electrons. The SMILES string of the molecule is c1ccc(-c2ccc(-n3ccc4c3ccc3c5ccccc5n(-c5cccc6c5sc5c(-c7ccccc7)cccc56)c34)cc2)cc1. The largest absolute Gasteiger partial charge is 0.316 e. The average Bonchev–Trinajstić information content (AvgIpc) is 3.84. The predicted octanol–water partition coefficient (Wildman–Crippen LogP) is 12.4. The van der Waals surface area contributed by atoms with Crippen LogP contribution in [0.15, 0.2) is 170 Å². The van der Waals surface area contributed by atoms with Gasteiger partial charge >= 0.3 is 0 Å². The maximum Gasteiger partial charge on any atom is 0.0641 e. The number of aromatic nitrogens is 2. The molecule has 3 heterocycles. The minimum Gasteiger partial charge on any atom is -0.316 e. The van der Waals surface area contributed by atoms with E-state index in [0.717, 1.165) is 5.69 Å². The smallest absolute Gasteiger partial charge is 0.0641 e. The molecule has 0 aliphatic rings. The van der Waals surface area contributed by atoms with Crippen LogP contribution >= 0.6 is 11.3 Å². The molecule has 7 aromatic carbocycles. The van der Waals surface area contributed by atoms with Crippen LogP contribution in [-0.4, -0.2) is 9.13 Å². The van der Waals surface area contributed by atoms with Gasteiger partial charge in [-0.2, -0.15) is 0 Å². The van der Waals surface area contributed by atoms with Crippen LogP contribution in [-0.2, 0) is 0 Å². The van der Waals surface area contributed by atoms with Gasteiger partial charge in [0.25, 0.3) is 0 Å². The number of thiophene rings is 1. The van der Waals surface area contributed by atoms with Crippen molar-refractivity contribution in [2.75, 3.05) is 0 Å². The lowest BCUT2D eigenvalue weighted by molar-refractivity contribution is 1.13. The van der Waals surface area contributed by atoms with E-state index in [1.807, 2.05) is 11.3 Å². The molecule has 10 aromatic rings. The van der Waals surface area contributed by atoms with Crippen LogP contribution in [0.3, 0.4) is 0 Å².